The number of halogens is 1. The molecule has 0 aromatic heterocycles. The zero-order valence-corrected chi connectivity index (χ0v) is 11.5. The van der Waals surface area contributed by atoms with Crippen molar-refractivity contribution in [2.75, 3.05) is 0 Å². The molecule has 6 nitrogen and oxygen atoms in total. The number of primary amides is 1. The molecule has 0 unspecified atom stereocenters. The van der Waals surface area contributed by atoms with Crippen molar-refractivity contribution in [1.82, 2.24) is 5.32 Å². The van der Waals surface area contributed by atoms with E-state index < -0.39 is 30.2 Å². The number of nitrogens with one attached hydrogen (secondary N) is 1. The summed E-state index contributed by atoms with van der Waals surface area (Å²) in [6.07, 6.45) is -0.401. The number of benzene rings is 1. The molecule has 0 bridgehead atoms. The third-order valence-corrected chi connectivity index (χ3v) is 2.79. The fourth-order valence-corrected chi connectivity index (χ4v) is 1.93. The molecule has 0 radical (unpaired) electrons. The molecular weight excluding hydrogens is 316 g/mol. The van der Waals surface area contributed by atoms with Crippen molar-refractivity contribution in [1.29, 1.82) is 0 Å². The number of amides is 2. The van der Waals surface area contributed by atoms with Crippen molar-refractivity contribution in [3.8, 4) is 0 Å². The number of carboxylic acids is 1. The molecule has 0 aliphatic heterocycles. The van der Waals surface area contributed by atoms with Crippen molar-refractivity contribution in [2.45, 2.75) is 18.9 Å². The fraction of sp³-hybridized carbons (Fsp3) is 0.250. The summed E-state index contributed by atoms with van der Waals surface area (Å²) < 4.78 is 0.824. The second-order valence-electron chi connectivity index (χ2n) is 3.94. The standard InChI is InChI=1S/C12H13BrN2O4/c13-8-3-1-2-7(4-8)5-11(17)15-9(12(18)19)6-10(14)16/h1-4,9H,5-6H2,(H2,14,16)(H,15,17)(H,18,19)/t9-/m0/s1. The van der Waals surface area contributed by atoms with Crippen molar-refractivity contribution >= 4 is 33.7 Å². The van der Waals surface area contributed by atoms with Gasteiger partial charge in [0.25, 0.3) is 0 Å². The highest BCUT2D eigenvalue weighted by Gasteiger charge is 2.21. The molecule has 0 saturated heterocycles. The van der Waals surface area contributed by atoms with Gasteiger partial charge in [0.2, 0.25) is 11.8 Å². The first kappa shape index (κ1) is 15.2. The van der Waals surface area contributed by atoms with Crippen LogP contribution >= 0.6 is 15.9 Å². The van der Waals surface area contributed by atoms with Crippen LogP contribution in [0.25, 0.3) is 0 Å². The first-order valence-electron chi connectivity index (χ1n) is 5.43. The molecule has 0 aliphatic carbocycles. The lowest BCUT2D eigenvalue weighted by molar-refractivity contribution is -0.143. The molecule has 0 aliphatic rings. The minimum atomic E-state index is -1.29. The third kappa shape index (κ3) is 5.52. The van der Waals surface area contributed by atoms with E-state index in [1.165, 1.54) is 0 Å². The van der Waals surface area contributed by atoms with E-state index in [0.29, 0.717) is 0 Å². The maximum absolute atomic E-state index is 11.7. The predicted molar refractivity (Wildman–Crippen MR) is 71.2 cm³/mol. The first-order valence-corrected chi connectivity index (χ1v) is 6.22. The van der Waals surface area contributed by atoms with Crippen LogP contribution in [0.5, 0.6) is 0 Å². The minimum absolute atomic E-state index is 0.0297. The molecular formula is C12H13BrN2O4. The van der Waals surface area contributed by atoms with Gasteiger partial charge in [0.1, 0.15) is 6.04 Å². The van der Waals surface area contributed by atoms with E-state index in [0.717, 1.165) is 10.0 Å². The normalized spacial score (nSPS) is 11.6. The number of aliphatic carboxylic acids is 1. The van der Waals surface area contributed by atoms with Crippen LogP contribution in [0.4, 0.5) is 0 Å². The summed E-state index contributed by atoms with van der Waals surface area (Å²) in [6.45, 7) is 0. The number of rotatable bonds is 6. The van der Waals surface area contributed by atoms with Crippen LogP contribution in [0.2, 0.25) is 0 Å². The number of carbonyl (C=O) groups is 3. The Balaban J connectivity index is 2.62. The molecule has 2 amide bonds. The molecule has 19 heavy (non-hydrogen) atoms. The summed E-state index contributed by atoms with van der Waals surface area (Å²) in [5, 5.41) is 11.1. The quantitative estimate of drug-likeness (QED) is 0.703. The van der Waals surface area contributed by atoms with Gasteiger partial charge in [0, 0.05) is 4.47 Å². The van der Waals surface area contributed by atoms with Gasteiger partial charge in [0.15, 0.2) is 0 Å². The first-order chi connectivity index (χ1) is 8.88. The summed E-state index contributed by atoms with van der Waals surface area (Å²) in [6, 6.07) is 5.79. The van der Waals surface area contributed by atoms with Crippen LogP contribution in [0.3, 0.4) is 0 Å². The maximum Gasteiger partial charge on any atom is 0.326 e. The van der Waals surface area contributed by atoms with E-state index in [1.807, 2.05) is 6.07 Å². The fourth-order valence-electron chi connectivity index (χ4n) is 1.48. The smallest absolute Gasteiger partial charge is 0.326 e. The van der Waals surface area contributed by atoms with Gasteiger partial charge in [-0.15, -0.1) is 0 Å². The lowest BCUT2D eigenvalue weighted by atomic mass is 10.1. The van der Waals surface area contributed by atoms with Gasteiger partial charge in [-0.25, -0.2) is 4.79 Å². The zero-order chi connectivity index (χ0) is 14.4. The van der Waals surface area contributed by atoms with E-state index in [2.05, 4.69) is 21.2 Å². The Morgan fingerprint density at radius 3 is 2.58 bits per heavy atom. The average Bonchev–Trinajstić information content (AvgIpc) is 2.27. The van der Waals surface area contributed by atoms with E-state index in [-0.39, 0.29) is 6.42 Å². The highest BCUT2D eigenvalue weighted by Crippen LogP contribution is 2.12. The summed E-state index contributed by atoms with van der Waals surface area (Å²) in [5.41, 5.74) is 5.65. The van der Waals surface area contributed by atoms with Gasteiger partial charge in [-0.05, 0) is 17.7 Å². The largest absolute Gasteiger partial charge is 0.480 e. The van der Waals surface area contributed by atoms with Gasteiger partial charge < -0.3 is 16.2 Å². The van der Waals surface area contributed by atoms with Crippen molar-refractivity contribution in [3.63, 3.8) is 0 Å². The molecule has 1 aromatic carbocycles. The molecule has 1 aromatic rings. The van der Waals surface area contributed by atoms with Crippen LogP contribution in [-0.2, 0) is 20.8 Å². The minimum Gasteiger partial charge on any atom is -0.480 e. The number of hydrogen-bond acceptors (Lipinski definition) is 3. The zero-order valence-electron chi connectivity index (χ0n) is 9.93. The Bertz CT molecular complexity index is 504. The SMILES string of the molecule is NC(=O)C[C@H](NC(=O)Cc1cccc(Br)c1)C(=O)O. The predicted octanol–water partition coefficient (Wildman–Crippen LogP) is 0.436. The lowest BCUT2D eigenvalue weighted by Crippen LogP contribution is -2.43. The molecule has 1 atom stereocenters. The topological polar surface area (TPSA) is 109 Å². The lowest BCUT2D eigenvalue weighted by Gasteiger charge is -2.12. The monoisotopic (exact) mass is 328 g/mol. The molecule has 0 spiro atoms. The maximum atomic E-state index is 11.7. The Morgan fingerprint density at radius 1 is 1.37 bits per heavy atom. The molecule has 0 heterocycles. The number of carboxylic acid groups (broad SMARTS) is 1. The Morgan fingerprint density at radius 2 is 2.05 bits per heavy atom. The average molecular weight is 329 g/mol. The van der Waals surface area contributed by atoms with Crippen molar-refractivity contribution in [3.05, 3.63) is 34.3 Å². The van der Waals surface area contributed by atoms with Gasteiger partial charge >= 0.3 is 5.97 Å². The van der Waals surface area contributed by atoms with E-state index in [1.54, 1.807) is 18.2 Å². The Labute approximate surface area is 118 Å². The van der Waals surface area contributed by atoms with Crippen LogP contribution in [0.1, 0.15) is 12.0 Å². The van der Waals surface area contributed by atoms with Crippen molar-refractivity contribution in [2.24, 2.45) is 5.73 Å². The highest BCUT2D eigenvalue weighted by molar-refractivity contribution is 9.10. The Kier molecular flexibility index (Phi) is 5.50. The van der Waals surface area contributed by atoms with Crippen LogP contribution in [0, 0.1) is 0 Å². The summed E-state index contributed by atoms with van der Waals surface area (Å²) in [4.78, 5) is 33.2. The number of carbonyl (C=O) groups excluding carboxylic acids is 2. The van der Waals surface area contributed by atoms with Crippen LogP contribution in [0.15, 0.2) is 28.7 Å². The molecule has 0 fully saturated rings. The van der Waals surface area contributed by atoms with Gasteiger partial charge in [0.05, 0.1) is 12.8 Å². The second-order valence-corrected chi connectivity index (χ2v) is 4.85. The molecule has 102 valence electrons. The van der Waals surface area contributed by atoms with Crippen LogP contribution < -0.4 is 11.1 Å². The summed E-state index contributed by atoms with van der Waals surface area (Å²) >= 11 is 3.27. The molecule has 0 saturated carbocycles. The Hall–Kier alpha value is -1.89. The van der Waals surface area contributed by atoms with E-state index in [9.17, 15) is 14.4 Å². The van der Waals surface area contributed by atoms with E-state index >= 15 is 0 Å². The number of hydrogen-bond donors (Lipinski definition) is 3. The molecule has 7 heteroatoms. The number of nitrogens with two attached hydrogens (primary N) is 1. The summed E-state index contributed by atoms with van der Waals surface area (Å²) in [5.74, 6) is -2.55. The van der Waals surface area contributed by atoms with Gasteiger partial charge in [-0.3, -0.25) is 9.59 Å². The van der Waals surface area contributed by atoms with Crippen LogP contribution in [-0.4, -0.2) is 28.9 Å². The highest BCUT2D eigenvalue weighted by atomic mass is 79.9. The van der Waals surface area contributed by atoms with Crippen molar-refractivity contribution < 1.29 is 19.5 Å². The summed E-state index contributed by atoms with van der Waals surface area (Å²) in [7, 11) is 0. The second kappa shape index (κ2) is 6.89. The van der Waals surface area contributed by atoms with E-state index in [4.69, 9.17) is 10.8 Å². The van der Waals surface area contributed by atoms with Gasteiger partial charge in [-0.1, -0.05) is 28.1 Å². The molecule has 1 rings (SSSR count). The molecule has 4 N–H and O–H groups in total. The third-order valence-electron chi connectivity index (χ3n) is 2.29. The van der Waals surface area contributed by atoms with Gasteiger partial charge in [-0.2, -0.15) is 0 Å².